The normalized spacial score (nSPS) is 11.8. The molecule has 0 spiro atoms. The number of carbonyl (C=O) groups excluding carboxylic acids is 1. The van der Waals surface area contributed by atoms with E-state index in [1.165, 1.54) is 11.1 Å². The van der Waals surface area contributed by atoms with Crippen molar-refractivity contribution in [2.45, 2.75) is 44.3 Å². The number of hydrogen-bond acceptors (Lipinski definition) is 4. The Labute approximate surface area is 215 Å². The summed E-state index contributed by atoms with van der Waals surface area (Å²) in [5, 5.41) is 16.2. The monoisotopic (exact) mass is 505 g/mol. The molecule has 4 aromatic rings. The van der Waals surface area contributed by atoms with Crippen molar-refractivity contribution in [2.75, 3.05) is 0 Å². The standard InChI is InChI=1S/C27H28ClN5OS/c1-18-8-7-11-22(14-18)17-35-27-32-31-25(33(27)24-15-23(28)13-12-19(24)2)20(3)30-26(34)29-16-21-9-5-4-6-10-21/h4-15,20H,16-17H2,1-3H3,(H2,29,30,34). The quantitative estimate of drug-likeness (QED) is 0.272. The highest BCUT2D eigenvalue weighted by molar-refractivity contribution is 7.98. The van der Waals surface area contributed by atoms with E-state index in [2.05, 4.69) is 52.0 Å². The van der Waals surface area contributed by atoms with Gasteiger partial charge in [-0.25, -0.2) is 4.79 Å². The number of amides is 2. The first kappa shape index (κ1) is 24.8. The molecule has 2 amide bonds. The molecule has 0 radical (unpaired) electrons. The Morgan fingerprint density at radius 2 is 1.77 bits per heavy atom. The maximum Gasteiger partial charge on any atom is 0.315 e. The van der Waals surface area contributed by atoms with Crippen molar-refractivity contribution in [1.29, 1.82) is 0 Å². The van der Waals surface area contributed by atoms with Gasteiger partial charge in [0, 0.05) is 17.3 Å². The Hall–Kier alpha value is -3.29. The lowest BCUT2D eigenvalue weighted by atomic mass is 10.2. The van der Waals surface area contributed by atoms with Gasteiger partial charge in [-0.3, -0.25) is 4.57 Å². The maximum atomic E-state index is 12.6. The zero-order valence-electron chi connectivity index (χ0n) is 20.0. The van der Waals surface area contributed by atoms with Crippen LogP contribution in [-0.2, 0) is 12.3 Å². The van der Waals surface area contributed by atoms with Gasteiger partial charge in [0.2, 0.25) is 0 Å². The first-order chi connectivity index (χ1) is 16.9. The topological polar surface area (TPSA) is 71.8 Å². The number of halogens is 1. The van der Waals surface area contributed by atoms with Gasteiger partial charge in [-0.2, -0.15) is 0 Å². The summed E-state index contributed by atoms with van der Waals surface area (Å²) in [7, 11) is 0. The van der Waals surface area contributed by atoms with Gasteiger partial charge in [-0.1, -0.05) is 89.6 Å². The van der Waals surface area contributed by atoms with Gasteiger partial charge in [0.15, 0.2) is 11.0 Å². The predicted octanol–water partition coefficient (Wildman–Crippen LogP) is 6.39. The Kier molecular flexibility index (Phi) is 8.10. The first-order valence-electron chi connectivity index (χ1n) is 11.4. The molecular formula is C27H28ClN5OS. The Bertz CT molecular complexity index is 1310. The molecule has 8 heteroatoms. The van der Waals surface area contributed by atoms with Crippen molar-refractivity contribution < 1.29 is 4.79 Å². The molecule has 0 fully saturated rings. The van der Waals surface area contributed by atoms with E-state index in [0.717, 1.165) is 27.7 Å². The summed E-state index contributed by atoms with van der Waals surface area (Å²) in [5.41, 5.74) is 5.38. The van der Waals surface area contributed by atoms with Crippen LogP contribution in [0.4, 0.5) is 4.79 Å². The molecule has 1 atom stereocenters. The van der Waals surface area contributed by atoms with Crippen LogP contribution in [0.1, 0.15) is 41.0 Å². The molecule has 1 unspecified atom stereocenters. The number of nitrogens with zero attached hydrogens (tertiary/aromatic N) is 3. The van der Waals surface area contributed by atoms with Crippen LogP contribution in [0.25, 0.3) is 5.69 Å². The number of hydrogen-bond donors (Lipinski definition) is 2. The van der Waals surface area contributed by atoms with Gasteiger partial charge < -0.3 is 10.6 Å². The molecular weight excluding hydrogens is 478 g/mol. The van der Waals surface area contributed by atoms with E-state index >= 15 is 0 Å². The highest BCUT2D eigenvalue weighted by atomic mass is 35.5. The van der Waals surface area contributed by atoms with E-state index in [0.29, 0.717) is 17.4 Å². The molecule has 0 aliphatic heterocycles. The summed E-state index contributed by atoms with van der Waals surface area (Å²) in [6, 6.07) is 23.3. The second-order valence-electron chi connectivity index (χ2n) is 8.42. The fourth-order valence-corrected chi connectivity index (χ4v) is 4.81. The van der Waals surface area contributed by atoms with Gasteiger partial charge in [0.05, 0.1) is 11.7 Å². The minimum Gasteiger partial charge on any atom is -0.334 e. The van der Waals surface area contributed by atoms with E-state index in [1.54, 1.807) is 11.8 Å². The van der Waals surface area contributed by atoms with Crippen molar-refractivity contribution in [2.24, 2.45) is 0 Å². The van der Waals surface area contributed by atoms with E-state index in [4.69, 9.17) is 11.6 Å². The molecule has 0 aliphatic carbocycles. The van der Waals surface area contributed by atoms with Crippen LogP contribution in [0.5, 0.6) is 0 Å². The van der Waals surface area contributed by atoms with Gasteiger partial charge in [0.25, 0.3) is 0 Å². The average Bonchev–Trinajstić information content (AvgIpc) is 3.27. The molecule has 0 saturated heterocycles. The van der Waals surface area contributed by atoms with Crippen LogP contribution in [0.15, 0.2) is 78.0 Å². The molecule has 4 rings (SSSR count). The zero-order valence-corrected chi connectivity index (χ0v) is 21.5. The number of aromatic nitrogens is 3. The lowest BCUT2D eigenvalue weighted by Crippen LogP contribution is -2.37. The number of benzene rings is 3. The molecule has 35 heavy (non-hydrogen) atoms. The molecule has 0 saturated carbocycles. The summed E-state index contributed by atoms with van der Waals surface area (Å²) in [5.74, 6) is 1.38. The largest absolute Gasteiger partial charge is 0.334 e. The van der Waals surface area contributed by atoms with Gasteiger partial charge in [-0.05, 0) is 49.6 Å². The fraction of sp³-hybridized carbons (Fsp3) is 0.222. The molecule has 3 aromatic carbocycles. The lowest BCUT2D eigenvalue weighted by Gasteiger charge is -2.18. The van der Waals surface area contributed by atoms with Crippen LogP contribution in [0, 0.1) is 13.8 Å². The van der Waals surface area contributed by atoms with E-state index < -0.39 is 0 Å². The summed E-state index contributed by atoms with van der Waals surface area (Å²) < 4.78 is 1.99. The van der Waals surface area contributed by atoms with Crippen LogP contribution in [0.3, 0.4) is 0 Å². The van der Waals surface area contributed by atoms with Crippen LogP contribution in [-0.4, -0.2) is 20.8 Å². The fourth-order valence-electron chi connectivity index (χ4n) is 3.75. The zero-order chi connectivity index (χ0) is 24.8. The van der Waals surface area contributed by atoms with Gasteiger partial charge >= 0.3 is 6.03 Å². The predicted molar refractivity (Wildman–Crippen MR) is 142 cm³/mol. The number of thioether (sulfide) groups is 1. The van der Waals surface area contributed by atoms with E-state index in [9.17, 15) is 4.79 Å². The van der Waals surface area contributed by atoms with E-state index in [-0.39, 0.29) is 12.1 Å². The highest BCUT2D eigenvalue weighted by Gasteiger charge is 2.22. The number of aryl methyl sites for hydroxylation is 2. The third kappa shape index (κ3) is 6.44. The number of urea groups is 1. The van der Waals surface area contributed by atoms with E-state index in [1.807, 2.05) is 66.9 Å². The third-order valence-corrected chi connectivity index (χ3v) is 6.79. The van der Waals surface area contributed by atoms with Crippen molar-refractivity contribution in [1.82, 2.24) is 25.4 Å². The molecule has 0 aliphatic rings. The summed E-state index contributed by atoms with van der Waals surface area (Å²) in [6.07, 6.45) is 0. The second kappa shape index (κ2) is 11.4. The minimum absolute atomic E-state index is 0.271. The highest BCUT2D eigenvalue weighted by Crippen LogP contribution is 2.30. The maximum absolute atomic E-state index is 12.6. The van der Waals surface area contributed by atoms with Crippen molar-refractivity contribution >= 4 is 29.4 Å². The molecule has 1 heterocycles. The Balaban J connectivity index is 1.57. The molecule has 0 bridgehead atoms. The third-order valence-electron chi connectivity index (χ3n) is 5.55. The Morgan fingerprint density at radius 1 is 1.00 bits per heavy atom. The van der Waals surface area contributed by atoms with Crippen LogP contribution in [0.2, 0.25) is 5.02 Å². The first-order valence-corrected chi connectivity index (χ1v) is 12.8. The molecule has 6 nitrogen and oxygen atoms in total. The number of carbonyl (C=O) groups is 1. The number of rotatable bonds is 8. The second-order valence-corrected chi connectivity index (χ2v) is 9.80. The number of nitrogens with one attached hydrogen (secondary N) is 2. The molecule has 180 valence electrons. The minimum atomic E-state index is -0.384. The van der Waals surface area contributed by atoms with Crippen LogP contribution < -0.4 is 10.6 Å². The SMILES string of the molecule is Cc1cccc(CSc2nnc(C(C)NC(=O)NCc3ccccc3)n2-c2cc(Cl)ccc2C)c1. The Morgan fingerprint density at radius 3 is 2.54 bits per heavy atom. The molecule has 1 aromatic heterocycles. The van der Waals surface area contributed by atoms with Gasteiger partial charge in [0.1, 0.15) is 0 Å². The summed E-state index contributed by atoms with van der Waals surface area (Å²) in [6.45, 7) is 6.45. The van der Waals surface area contributed by atoms with Crippen LogP contribution >= 0.6 is 23.4 Å². The summed E-state index contributed by atoms with van der Waals surface area (Å²) >= 11 is 7.95. The average molecular weight is 506 g/mol. The van der Waals surface area contributed by atoms with Crippen molar-refractivity contribution in [3.8, 4) is 5.69 Å². The van der Waals surface area contributed by atoms with Crippen molar-refractivity contribution in [3.63, 3.8) is 0 Å². The van der Waals surface area contributed by atoms with Crippen molar-refractivity contribution in [3.05, 3.63) is 106 Å². The lowest BCUT2D eigenvalue weighted by molar-refractivity contribution is 0.237. The molecule has 2 N–H and O–H groups in total. The summed E-state index contributed by atoms with van der Waals surface area (Å²) in [4.78, 5) is 12.6. The smallest absolute Gasteiger partial charge is 0.315 e. The van der Waals surface area contributed by atoms with Gasteiger partial charge in [-0.15, -0.1) is 10.2 Å².